The molecule has 0 saturated heterocycles. The molecule has 0 atom stereocenters. The van der Waals surface area contributed by atoms with Gasteiger partial charge in [-0.3, -0.25) is 4.79 Å². The van der Waals surface area contributed by atoms with Crippen molar-refractivity contribution in [3.05, 3.63) is 35.9 Å². The summed E-state index contributed by atoms with van der Waals surface area (Å²) in [6.07, 6.45) is 2.01. The molecule has 22 heavy (non-hydrogen) atoms. The number of rotatable bonds is 9. The van der Waals surface area contributed by atoms with Crippen LogP contribution in [0, 0.1) is 5.92 Å². The number of nitrogens with zero attached hydrogens (tertiary/aromatic N) is 1. The summed E-state index contributed by atoms with van der Waals surface area (Å²) in [5, 5.41) is 2.80. The summed E-state index contributed by atoms with van der Waals surface area (Å²) in [7, 11) is -3.31. The van der Waals surface area contributed by atoms with E-state index in [2.05, 4.69) is 5.32 Å². The zero-order valence-corrected chi connectivity index (χ0v) is 14.4. The van der Waals surface area contributed by atoms with Gasteiger partial charge < -0.3 is 5.32 Å². The minimum atomic E-state index is -3.31. The highest BCUT2D eigenvalue weighted by Crippen LogP contribution is 2.05. The molecule has 0 saturated carbocycles. The van der Waals surface area contributed by atoms with Crippen LogP contribution < -0.4 is 5.32 Å². The average Bonchev–Trinajstić information content (AvgIpc) is 2.44. The number of nitrogens with one attached hydrogen (secondary N) is 1. The van der Waals surface area contributed by atoms with Gasteiger partial charge in [0.25, 0.3) is 0 Å². The molecule has 0 heterocycles. The second kappa shape index (κ2) is 8.90. The van der Waals surface area contributed by atoms with Gasteiger partial charge in [-0.25, -0.2) is 12.7 Å². The molecule has 0 unspecified atom stereocenters. The zero-order chi connectivity index (χ0) is 16.6. The molecule has 5 nitrogen and oxygen atoms in total. The van der Waals surface area contributed by atoms with Gasteiger partial charge in [-0.1, -0.05) is 44.2 Å². The Hall–Kier alpha value is -1.40. The van der Waals surface area contributed by atoms with Crippen molar-refractivity contribution < 1.29 is 13.2 Å². The molecule has 0 aromatic heterocycles. The van der Waals surface area contributed by atoms with Crippen LogP contribution in [0.3, 0.4) is 0 Å². The first-order chi connectivity index (χ1) is 10.3. The van der Waals surface area contributed by atoms with Crippen LogP contribution in [0.25, 0.3) is 0 Å². The molecule has 1 aromatic rings. The molecule has 0 fully saturated rings. The predicted molar refractivity (Wildman–Crippen MR) is 89.0 cm³/mol. The van der Waals surface area contributed by atoms with Crippen molar-refractivity contribution in [1.82, 2.24) is 9.62 Å². The number of amides is 1. The minimum Gasteiger partial charge on any atom is -0.356 e. The number of sulfonamides is 1. The van der Waals surface area contributed by atoms with Crippen LogP contribution in [0.15, 0.2) is 30.3 Å². The Morgan fingerprint density at radius 1 is 1.18 bits per heavy atom. The van der Waals surface area contributed by atoms with Crippen molar-refractivity contribution in [1.29, 1.82) is 0 Å². The van der Waals surface area contributed by atoms with Crippen molar-refractivity contribution in [3.63, 3.8) is 0 Å². The normalized spacial score (nSPS) is 11.9. The highest BCUT2D eigenvalue weighted by atomic mass is 32.2. The van der Waals surface area contributed by atoms with Crippen molar-refractivity contribution in [2.24, 2.45) is 5.92 Å². The van der Waals surface area contributed by atoms with Gasteiger partial charge in [-0.15, -0.1) is 0 Å². The van der Waals surface area contributed by atoms with Crippen LogP contribution in [0.4, 0.5) is 0 Å². The maximum Gasteiger partial charge on any atom is 0.221 e. The van der Waals surface area contributed by atoms with E-state index in [9.17, 15) is 13.2 Å². The third-order valence-corrected chi connectivity index (χ3v) is 4.56. The molecule has 6 heteroatoms. The van der Waals surface area contributed by atoms with Gasteiger partial charge in [-0.2, -0.15) is 0 Å². The number of hydrogen-bond donors (Lipinski definition) is 1. The van der Waals surface area contributed by atoms with E-state index in [0.29, 0.717) is 25.4 Å². The fraction of sp³-hybridized carbons (Fsp3) is 0.562. The quantitative estimate of drug-likeness (QED) is 0.750. The van der Waals surface area contributed by atoms with E-state index in [0.717, 1.165) is 5.56 Å². The summed E-state index contributed by atoms with van der Waals surface area (Å²) in [5.74, 6) is 0.273. The lowest BCUT2D eigenvalue weighted by Crippen LogP contribution is -2.36. The Labute approximate surface area is 133 Å². The molecule has 0 spiro atoms. The summed E-state index contributed by atoms with van der Waals surface area (Å²) in [6, 6.07) is 9.72. The lowest BCUT2D eigenvalue weighted by atomic mass is 10.1. The Bertz CT molecular complexity index is 556. The fourth-order valence-corrected chi connectivity index (χ4v) is 2.82. The number of carbonyl (C=O) groups excluding carboxylic acids is 1. The Morgan fingerprint density at radius 3 is 2.36 bits per heavy atom. The molecule has 0 aliphatic rings. The third kappa shape index (κ3) is 7.56. The Kier molecular flexibility index (Phi) is 7.55. The van der Waals surface area contributed by atoms with Gasteiger partial charge >= 0.3 is 0 Å². The van der Waals surface area contributed by atoms with Gasteiger partial charge in [0.1, 0.15) is 0 Å². The summed E-state index contributed by atoms with van der Waals surface area (Å²) in [5.41, 5.74) is 1.08. The van der Waals surface area contributed by atoms with Gasteiger partial charge in [0, 0.05) is 26.1 Å². The highest BCUT2D eigenvalue weighted by molar-refractivity contribution is 7.88. The van der Waals surface area contributed by atoms with E-state index in [4.69, 9.17) is 0 Å². The van der Waals surface area contributed by atoms with Crippen LogP contribution >= 0.6 is 0 Å². The SMILES string of the molecule is CC(C)CNC(=O)CCN(CCc1ccccc1)S(C)(=O)=O. The lowest BCUT2D eigenvalue weighted by molar-refractivity contribution is -0.121. The summed E-state index contributed by atoms with van der Waals surface area (Å²) in [4.78, 5) is 11.7. The van der Waals surface area contributed by atoms with E-state index < -0.39 is 10.0 Å². The van der Waals surface area contributed by atoms with Crippen molar-refractivity contribution in [2.45, 2.75) is 26.7 Å². The molecular weight excluding hydrogens is 300 g/mol. The smallest absolute Gasteiger partial charge is 0.221 e. The first-order valence-corrected chi connectivity index (χ1v) is 9.39. The predicted octanol–water partition coefficient (Wildman–Crippen LogP) is 1.65. The largest absolute Gasteiger partial charge is 0.356 e. The van der Waals surface area contributed by atoms with Crippen LogP contribution in [0.1, 0.15) is 25.8 Å². The van der Waals surface area contributed by atoms with Crippen LogP contribution in [0.2, 0.25) is 0 Å². The van der Waals surface area contributed by atoms with Crippen LogP contribution in [-0.2, 0) is 21.2 Å². The maximum absolute atomic E-state index is 11.8. The maximum atomic E-state index is 11.8. The molecular formula is C16H26N2O3S. The van der Waals surface area contributed by atoms with Crippen LogP contribution in [-0.4, -0.2) is 44.5 Å². The van der Waals surface area contributed by atoms with Crippen molar-refractivity contribution >= 4 is 15.9 Å². The Balaban J connectivity index is 2.50. The molecule has 0 aliphatic heterocycles. The van der Waals surface area contributed by atoms with E-state index in [1.54, 1.807) is 0 Å². The van der Waals surface area contributed by atoms with Crippen LogP contribution in [0.5, 0.6) is 0 Å². The standard InChI is InChI=1S/C16H26N2O3S/c1-14(2)13-17-16(19)10-12-18(22(3,20)21)11-9-15-7-5-4-6-8-15/h4-8,14H,9-13H2,1-3H3,(H,17,19). The summed E-state index contributed by atoms with van der Waals surface area (Å²) in [6.45, 7) is 5.25. The fourth-order valence-electron chi connectivity index (χ4n) is 1.97. The highest BCUT2D eigenvalue weighted by Gasteiger charge is 2.17. The van der Waals surface area contributed by atoms with Gasteiger partial charge in [-0.05, 0) is 17.9 Å². The number of carbonyl (C=O) groups is 1. The molecule has 1 N–H and O–H groups in total. The number of benzene rings is 1. The topological polar surface area (TPSA) is 66.5 Å². The van der Waals surface area contributed by atoms with E-state index >= 15 is 0 Å². The number of hydrogen-bond acceptors (Lipinski definition) is 3. The molecule has 0 radical (unpaired) electrons. The van der Waals surface area contributed by atoms with Crippen molar-refractivity contribution in [2.75, 3.05) is 25.9 Å². The van der Waals surface area contributed by atoms with E-state index in [1.807, 2.05) is 44.2 Å². The minimum absolute atomic E-state index is 0.109. The molecule has 1 rings (SSSR count). The second-order valence-corrected chi connectivity index (χ2v) is 7.83. The van der Waals surface area contributed by atoms with E-state index in [-0.39, 0.29) is 18.9 Å². The molecule has 1 amide bonds. The van der Waals surface area contributed by atoms with Gasteiger partial charge in [0.2, 0.25) is 15.9 Å². The second-order valence-electron chi connectivity index (χ2n) is 5.85. The Morgan fingerprint density at radius 2 is 1.82 bits per heavy atom. The average molecular weight is 326 g/mol. The monoisotopic (exact) mass is 326 g/mol. The third-order valence-electron chi connectivity index (χ3n) is 3.26. The molecule has 0 aliphatic carbocycles. The summed E-state index contributed by atoms with van der Waals surface area (Å²) >= 11 is 0. The van der Waals surface area contributed by atoms with E-state index in [1.165, 1.54) is 10.6 Å². The molecule has 0 bridgehead atoms. The zero-order valence-electron chi connectivity index (χ0n) is 13.6. The van der Waals surface area contributed by atoms with Crippen molar-refractivity contribution in [3.8, 4) is 0 Å². The molecule has 124 valence electrons. The first kappa shape index (κ1) is 18.6. The van der Waals surface area contributed by atoms with Gasteiger partial charge in [0.05, 0.1) is 6.26 Å². The molecule has 1 aromatic carbocycles. The first-order valence-electron chi connectivity index (χ1n) is 7.55. The summed E-state index contributed by atoms with van der Waals surface area (Å²) < 4.78 is 25.0. The lowest BCUT2D eigenvalue weighted by Gasteiger charge is -2.20. The van der Waals surface area contributed by atoms with Gasteiger partial charge in [0.15, 0.2) is 0 Å².